The fourth-order valence-electron chi connectivity index (χ4n) is 3.04. The predicted octanol–water partition coefficient (Wildman–Crippen LogP) is 6.37. The molecule has 0 aliphatic rings. The van der Waals surface area contributed by atoms with Crippen LogP contribution in [0.15, 0.2) is 84.9 Å². The summed E-state index contributed by atoms with van der Waals surface area (Å²) in [5.74, 6) is 0.909. The summed E-state index contributed by atoms with van der Waals surface area (Å²) in [4.78, 5) is 0. The van der Waals surface area contributed by atoms with E-state index in [1.165, 1.54) is 22.3 Å². The average Bonchev–Trinajstić information content (AvgIpc) is 2.67. The summed E-state index contributed by atoms with van der Waals surface area (Å²) in [6.45, 7) is 0. The van der Waals surface area contributed by atoms with Crippen molar-refractivity contribution in [3.8, 4) is 5.75 Å². The van der Waals surface area contributed by atoms with Gasteiger partial charge in [-0.05, 0) is 52.8 Å². The molecule has 0 atom stereocenters. The monoisotopic (exact) mass is 348 g/mol. The fraction of sp³-hybridized carbons (Fsp3) is 0.130. The maximum Gasteiger partial charge on any atom is 0.115 e. The van der Waals surface area contributed by atoms with Crippen LogP contribution in [0.4, 0.5) is 0 Å². The summed E-state index contributed by atoms with van der Waals surface area (Å²) < 4.78 is 0. The Morgan fingerprint density at radius 3 is 1.76 bits per heavy atom. The van der Waals surface area contributed by atoms with Gasteiger partial charge in [0.1, 0.15) is 5.75 Å². The second kappa shape index (κ2) is 8.55. The molecule has 0 aromatic heterocycles. The van der Waals surface area contributed by atoms with Gasteiger partial charge >= 0.3 is 0 Å². The van der Waals surface area contributed by atoms with Crippen molar-refractivity contribution >= 4 is 22.7 Å². The van der Waals surface area contributed by atoms with Crippen molar-refractivity contribution in [1.82, 2.24) is 0 Å². The molecule has 0 spiro atoms. The molecule has 0 amide bonds. The van der Waals surface area contributed by atoms with E-state index in [9.17, 15) is 5.11 Å². The molecule has 126 valence electrons. The van der Waals surface area contributed by atoms with Gasteiger partial charge in [0.2, 0.25) is 0 Å². The number of aromatic hydroxyl groups is 1. The van der Waals surface area contributed by atoms with Gasteiger partial charge in [-0.3, -0.25) is 0 Å². The highest BCUT2D eigenvalue weighted by Gasteiger charge is 2.13. The zero-order chi connectivity index (χ0) is 17.5. The van der Waals surface area contributed by atoms with Gasteiger partial charge < -0.3 is 5.11 Å². The van der Waals surface area contributed by atoms with E-state index in [1.54, 1.807) is 12.1 Å². The van der Waals surface area contributed by atoms with Gasteiger partial charge in [0, 0.05) is 5.88 Å². The lowest BCUT2D eigenvalue weighted by Gasteiger charge is -2.17. The van der Waals surface area contributed by atoms with E-state index >= 15 is 0 Å². The van der Waals surface area contributed by atoms with E-state index in [0.717, 1.165) is 18.4 Å². The number of rotatable bonds is 6. The number of benzene rings is 3. The Bertz CT molecular complexity index is 821. The normalized spacial score (nSPS) is 11.9. The van der Waals surface area contributed by atoms with Crippen LogP contribution in [0.2, 0.25) is 0 Å². The Hall–Kier alpha value is -2.51. The molecule has 0 saturated carbocycles. The minimum Gasteiger partial charge on any atom is -0.508 e. The standard InChI is InChI=1S/C23H21ClO/c24-17-7-12-22(18-8-3-1-4-9-18)23(19-10-5-2-6-11-19)20-13-15-21(25)16-14-20/h1-6,8-11,13-16,25H,7,12,17H2/b23-22+. The Morgan fingerprint density at radius 1 is 0.680 bits per heavy atom. The lowest BCUT2D eigenvalue weighted by molar-refractivity contribution is 0.475. The van der Waals surface area contributed by atoms with Crippen molar-refractivity contribution in [3.05, 3.63) is 102 Å². The van der Waals surface area contributed by atoms with Crippen LogP contribution in [-0.4, -0.2) is 11.0 Å². The molecule has 3 rings (SSSR count). The Labute approximate surface area is 154 Å². The number of allylic oxidation sites excluding steroid dienone is 1. The molecule has 3 aromatic rings. The van der Waals surface area contributed by atoms with Gasteiger partial charge in [0.25, 0.3) is 0 Å². The quantitative estimate of drug-likeness (QED) is 0.405. The van der Waals surface area contributed by atoms with E-state index in [1.807, 2.05) is 24.3 Å². The van der Waals surface area contributed by atoms with Crippen molar-refractivity contribution in [1.29, 1.82) is 0 Å². The summed E-state index contributed by atoms with van der Waals surface area (Å²) in [6, 6.07) is 28.3. The van der Waals surface area contributed by atoms with Crippen molar-refractivity contribution < 1.29 is 5.11 Å². The van der Waals surface area contributed by atoms with Gasteiger partial charge in [0.05, 0.1) is 0 Å². The Kier molecular flexibility index (Phi) is 5.92. The van der Waals surface area contributed by atoms with E-state index in [2.05, 4.69) is 48.5 Å². The minimum atomic E-state index is 0.276. The van der Waals surface area contributed by atoms with Gasteiger partial charge in [-0.15, -0.1) is 11.6 Å². The highest BCUT2D eigenvalue weighted by molar-refractivity contribution is 6.17. The molecule has 25 heavy (non-hydrogen) atoms. The van der Waals surface area contributed by atoms with E-state index in [-0.39, 0.29) is 5.75 Å². The Balaban J connectivity index is 2.24. The first-order chi connectivity index (χ1) is 12.3. The van der Waals surface area contributed by atoms with Crippen LogP contribution in [-0.2, 0) is 0 Å². The molecule has 0 bridgehead atoms. The molecule has 0 heterocycles. The molecule has 0 unspecified atom stereocenters. The predicted molar refractivity (Wildman–Crippen MR) is 107 cm³/mol. The van der Waals surface area contributed by atoms with Crippen LogP contribution in [0.1, 0.15) is 29.5 Å². The lowest BCUT2D eigenvalue weighted by Crippen LogP contribution is -1.96. The first-order valence-corrected chi connectivity index (χ1v) is 9.02. The average molecular weight is 349 g/mol. The molecule has 3 aromatic carbocycles. The van der Waals surface area contributed by atoms with Gasteiger partial charge in [0.15, 0.2) is 0 Å². The van der Waals surface area contributed by atoms with Crippen molar-refractivity contribution in [2.45, 2.75) is 12.8 Å². The molecule has 1 nitrogen and oxygen atoms in total. The maximum absolute atomic E-state index is 9.67. The van der Waals surface area contributed by atoms with Gasteiger partial charge in [-0.1, -0.05) is 72.8 Å². The summed E-state index contributed by atoms with van der Waals surface area (Å²) >= 11 is 5.99. The smallest absolute Gasteiger partial charge is 0.115 e. The summed E-state index contributed by atoms with van der Waals surface area (Å²) in [7, 11) is 0. The zero-order valence-electron chi connectivity index (χ0n) is 14.0. The van der Waals surface area contributed by atoms with Gasteiger partial charge in [-0.2, -0.15) is 0 Å². The molecular formula is C23H21ClO. The van der Waals surface area contributed by atoms with E-state index < -0.39 is 0 Å². The molecule has 1 N–H and O–H groups in total. The largest absolute Gasteiger partial charge is 0.508 e. The highest BCUT2D eigenvalue weighted by Crippen LogP contribution is 2.35. The van der Waals surface area contributed by atoms with Crippen LogP contribution in [0.25, 0.3) is 11.1 Å². The Morgan fingerprint density at radius 2 is 1.20 bits per heavy atom. The number of halogens is 1. The lowest BCUT2D eigenvalue weighted by atomic mass is 9.87. The number of phenols is 1. The van der Waals surface area contributed by atoms with Crippen LogP contribution < -0.4 is 0 Å². The van der Waals surface area contributed by atoms with Crippen LogP contribution in [0.5, 0.6) is 5.75 Å². The SMILES string of the molecule is Oc1ccc(/C(=C(\CCCCl)c2ccccc2)c2ccccc2)cc1. The molecule has 2 heteroatoms. The minimum absolute atomic E-state index is 0.276. The van der Waals surface area contributed by atoms with Crippen LogP contribution in [0, 0.1) is 0 Å². The third-order valence-corrected chi connectivity index (χ3v) is 4.47. The molecule has 0 aliphatic heterocycles. The highest BCUT2D eigenvalue weighted by atomic mass is 35.5. The number of alkyl halides is 1. The number of hydrogen-bond donors (Lipinski definition) is 1. The van der Waals surface area contributed by atoms with Gasteiger partial charge in [-0.25, -0.2) is 0 Å². The summed E-state index contributed by atoms with van der Waals surface area (Å²) in [6.07, 6.45) is 1.82. The molecular weight excluding hydrogens is 328 g/mol. The van der Waals surface area contributed by atoms with Crippen molar-refractivity contribution in [3.63, 3.8) is 0 Å². The second-order valence-electron chi connectivity index (χ2n) is 5.93. The number of phenolic OH excluding ortho intramolecular Hbond substituents is 1. The molecule has 0 fully saturated rings. The summed E-state index contributed by atoms with van der Waals surface area (Å²) in [5.41, 5.74) is 5.94. The summed E-state index contributed by atoms with van der Waals surface area (Å²) in [5, 5.41) is 9.67. The molecule has 0 aliphatic carbocycles. The van der Waals surface area contributed by atoms with E-state index in [0.29, 0.717) is 5.88 Å². The molecule has 0 radical (unpaired) electrons. The van der Waals surface area contributed by atoms with E-state index in [4.69, 9.17) is 11.6 Å². The van der Waals surface area contributed by atoms with Crippen molar-refractivity contribution in [2.24, 2.45) is 0 Å². The third-order valence-electron chi connectivity index (χ3n) is 4.20. The first-order valence-electron chi connectivity index (χ1n) is 8.49. The maximum atomic E-state index is 9.67. The first kappa shape index (κ1) is 17.3. The third kappa shape index (κ3) is 4.32. The van der Waals surface area contributed by atoms with Crippen LogP contribution in [0.3, 0.4) is 0 Å². The van der Waals surface area contributed by atoms with Crippen molar-refractivity contribution in [2.75, 3.05) is 5.88 Å². The fourth-order valence-corrected chi connectivity index (χ4v) is 3.18. The molecule has 0 saturated heterocycles. The zero-order valence-corrected chi connectivity index (χ0v) is 14.8. The van der Waals surface area contributed by atoms with Crippen LogP contribution >= 0.6 is 11.6 Å². The topological polar surface area (TPSA) is 20.2 Å². The number of hydrogen-bond acceptors (Lipinski definition) is 1. The second-order valence-corrected chi connectivity index (χ2v) is 6.30.